The van der Waals surface area contributed by atoms with Gasteiger partial charge in [-0.05, 0) is 31.6 Å². The number of rotatable bonds is 7. The number of amides is 1. The molecule has 0 spiro atoms. The van der Waals surface area contributed by atoms with Crippen molar-refractivity contribution in [2.75, 3.05) is 0 Å². The molecule has 0 saturated carbocycles. The lowest BCUT2D eigenvalue weighted by atomic mass is 9.98. The highest BCUT2D eigenvalue weighted by Gasteiger charge is 2.20. The Bertz CT molecular complexity index is 204. The number of carbonyl (C=O) groups is 1. The summed E-state index contributed by atoms with van der Waals surface area (Å²) in [4.78, 5) is 11.8. The van der Waals surface area contributed by atoms with Gasteiger partial charge in [0.15, 0.2) is 0 Å². The summed E-state index contributed by atoms with van der Waals surface area (Å²) in [5.41, 5.74) is 5.86. The van der Waals surface area contributed by atoms with Crippen LogP contribution in [0.1, 0.15) is 53.9 Å². The number of nitrogens with one attached hydrogen (secondary N) is 1. The highest BCUT2D eigenvalue weighted by molar-refractivity contribution is 5.82. The molecule has 0 aliphatic heterocycles. The molecule has 3 nitrogen and oxygen atoms in total. The maximum atomic E-state index is 11.8. The minimum absolute atomic E-state index is 0.00870. The second kappa shape index (κ2) is 7.66. The maximum absolute atomic E-state index is 11.8. The van der Waals surface area contributed by atoms with Crippen molar-refractivity contribution in [2.24, 2.45) is 17.6 Å². The van der Waals surface area contributed by atoms with E-state index in [4.69, 9.17) is 5.73 Å². The largest absolute Gasteiger partial charge is 0.352 e. The standard InChI is InChI=1S/C13H28N2O/c1-6-10(4)12(14)13(16)15-11(5)8-7-9(2)3/h9-12H,6-8,14H2,1-5H3,(H,15,16)/t10?,11?,12-/m0/s1. The Morgan fingerprint density at radius 2 is 1.75 bits per heavy atom. The van der Waals surface area contributed by atoms with Gasteiger partial charge in [0.2, 0.25) is 5.91 Å². The van der Waals surface area contributed by atoms with Gasteiger partial charge in [-0.3, -0.25) is 4.79 Å². The minimum atomic E-state index is -0.369. The summed E-state index contributed by atoms with van der Waals surface area (Å²) >= 11 is 0. The summed E-state index contributed by atoms with van der Waals surface area (Å²) in [6, 6.07) is -0.142. The summed E-state index contributed by atoms with van der Waals surface area (Å²) in [5.74, 6) is 0.922. The molecule has 16 heavy (non-hydrogen) atoms. The van der Waals surface area contributed by atoms with E-state index in [0.29, 0.717) is 5.92 Å². The first-order chi connectivity index (χ1) is 7.38. The Morgan fingerprint density at radius 3 is 2.19 bits per heavy atom. The molecule has 0 rings (SSSR count). The van der Waals surface area contributed by atoms with Gasteiger partial charge in [-0.15, -0.1) is 0 Å². The van der Waals surface area contributed by atoms with E-state index in [-0.39, 0.29) is 23.9 Å². The lowest BCUT2D eigenvalue weighted by Gasteiger charge is -2.21. The van der Waals surface area contributed by atoms with E-state index in [1.165, 1.54) is 0 Å². The molecule has 0 radical (unpaired) electrons. The van der Waals surface area contributed by atoms with Gasteiger partial charge < -0.3 is 11.1 Å². The van der Waals surface area contributed by atoms with Crippen LogP contribution in [0, 0.1) is 11.8 Å². The molecule has 0 aromatic rings. The average Bonchev–Trinajstić information content (AvgIpc) is 2.24. The topological polar surface area (TPSA) is 55.1 Å². The van der Waals surface area contributed by atoms with Gasteiger partial charge in [-0.2, -0.15) is 0 Å². The molecule has 0 aliphatic rings. The van der Waals surface area contributed by atoms with Crippen LogP contribution in [0.2, 0.25) is 0 Å². The van der Waals surface area contributed by atoms with E-state index in [9.17, 15) is 4.79 Å². The normalized spacial score (nSPS) is 16.9. The predicted molar refractivity (Wildman–Crippen MR) is 69.1 cm³/mol. The first-order valence-electron chi connectivity index (χ1n) is 6.44. The molecular formula is C13H28N2O. The van der Waals surface area contributed by atoms with Gasteiger partial charge in [0, 0.05) is 6.04 Å². The van der Waals surface area contributed by atoms with Gasteiger partial charge >= 0.3 is 0 Å². The van der Waals surface area contributed by atoms with Gasteiger partial charge in [-0.25, -0.2) is 0 Å². The molecule has 0 fully saturated rings. The maximum Gasteiger partial charge on any atom is 0.237 e. The lowest BCUT2D eigenvalue weighted by Crippen LogP contribution is -2.47. The first-order valence-corrected chi connectivity index (χ1v) is 6.44. The van der Waals surface area contributed by atoms with Crippen LogP contribution < -0.4 is 11.1 Å². The van der Waals surface area contributed by atoms with Crippen molar-refractivity contribution in [3.8, 4) is 0 Å². The molecule has 0 saturated heterocycles. The van der Waals surface area contributed by atoms with Crippen LogP contribution in [0.15, 0.2) is 0 Å². The summed E-state index contributed by atoms with van der Waals surface area (Å²) in [6.45, 7) is 10.5. The molecule has 3 N–H and O–H groups in total. The predicted octanol–water partition coefficient (Wildman–Crippen LogP) is 2.30. The van der Waals surface area contributed by atoms with Crippen molar-refractivity contribution in [3.63, 3.8) is 0 Å². The second-order valence-electron chi connectivity index (χ2n) is 5.29. The first kappa shape index (κ1) is 15.4. The van der Waals surface area contributed by atoms with Gasteiger partial charge in [0.25, 0.3) is 0 Å². The second-order valence-corrected chi connectivity index (χ2v) is 5.29. The fourth-order valence-electron chi connectivity index (χ4n) is 1.51. The quantitative estimate of drug-likeness (QED) is 0.702. The summed E-state index contributed by atoms with van der Waals surface area (Å²) in [6.07, 6.45) is 3.10. The number of hydrogen-bond donors (Lipinski definition) is 2. The SMILES string of the molecule is CCC(C)[C@H](N)C(=O)NC(C)CCC(C)C. The number of carbonyl (C=O) groups excluding carboxylic acids is 1. The van der Waals surface area contributed by atoms with E-state index in [1.54, 1.807) is 0 Å². The number of hydrogen-bond acceptors (Lipinski definition) is 2. The summed E-state index contributed by atoms with van der Waals surface area (Å²) < 4.78 is 0. The summed E-state index contributed by atoms with van der Waals surface area (Å²) in [5, 5.41) is 2.99. The van der Waals surface area contributed by atoms with Crippen LogP contribution in [0.25, 0.3) is 0 Å². The molecule has 96 valence electrons. The van der Waals surface area contributed by atoms with Crippen molar-refractivity contribution in [1.29, 1.82) is 0 Å². The van der Waals surface area contributed by atoms with E-state index in [1.807, 2.05) is 13.8 Å². The third-order valence-electron chi connectivity index (χ3n) is 3.13. The van der Waals surface area contributed by atoms with Crippen LogP contribution in [0.4, 0.5) is 0 Å². The van der Waals surface area contributed by atoms with Gasteiger partial charge in [-0.1, -0.05) is 34.1 Å². The van der Waals surface area contributed by atoms with Crippen molar-refractivity contribution in [3.05, 3.63) is 0 Å². The van der Waals surface area contributed by atoms with E-state index in [2.05, 4.69) is 26.1 Å². The van der Waals surface area contributed by atoms with Gasteiger partial charge in [0.1, 0.15) is 0 Å². The molecular weight excluding hydrogens is 200 g/mol. The molecule has 0 aliphatic carbocycles. The Hall–Kier alpha value is -0.570. The Labute approximate surface area is 100 Å². The molecule has 3 heteroatoms. The van der Waals surface area contributed by atoms with Crippen LogP contribution in [-0.2, 0) is 4.79 Å². The minimum Gasteiger partial charge on any atom is -0.352 e. The van der Waals surface area contributed by atoms with Crippen LogP contribution in [0.5, 0.6) is 0 Å². The third kappa shape index (κ3) is 6.11. The summed E-state index contributed by atoms with van der Waals surface area (Å²) in [7, 11) is 0. The Balaban J connectivity index is 3.94. The third-order valence-corrected chi connectivity index (χ3v) is 3.13. The molecule has 1 amide bonds. The van der Waals surface area contributed by atoms with Crippen molar-refractivity contribution in [1.82, 2.24) is 5.32 Å². The average molecular weight is 228 g/mol. The van der Waals surface area contributed by atoms with E-state index in [0.717, 1.165) is 19.3 Å². The molecule has 2 unspecified atom stereocenters. The Morgan fingerprint density at radius 1 is 1.19 bits per heavy atom. The van der Waals surface area contributed by atoms with Gasteiger partial charge in [0.05, 0.1) is 6.04 Å². The Kier molecular flexibility index (Phi) is 7.39. The lowest BCUT2D eigenvalue weighted by molar-refractivity contribution is -0.124. The van der Waals surface area contributed by atoms with Crippen LogP contribution >= 0.6 is 0 Å². The zero-order chi connectivity index (χ0) is 12.7. The van der Waals surface area contributed by atoms with Crippen molar-refractivity contribution < 1.29 is 4.79 Å². The van der Waals surface area contributed by atoms with E-state index >= 15 is 0 Å². The van der Waals surface area contributed by atoms with Crippen molar-refractivity contribution in [2.45, 2.75) is 66.0 Å². The molecule has 0 heterocycles. The monoisotopic (exact) mass is 228 g/mol. The highest BCUT2D eigenvalue weighted by atomic mass is 16.2. The molecule has 0 aromatic heterocycles. The zero-order valence-corrected chi connectivity index (χ0v) is 11.4. The van der Waals surface area contributed by atoms with Crippen LogP contribution in [-0.4, -0.2) is 18.0 Å². The van der Waals surface area contributed by atoms with Crippen molar-refractivity contribution >= 4 is 5.91 Å². The highest BCUT2D eigenvalue weighted by Crippen LogP contribution is 2.08. The fraction of sp³-hybridized carbons (Fsp3) is 0.923. The zero-order valence-electron chi connectivity index (χ0n) is 11.4. The molecule has 0 bridgehead atoms. The number of nitrogens with two attached hydrogens (primary N) is 1. The van der Waals surface area contributed by atoms with E-state index < -0.39 is 0 Å². The smallest absolute Gasteiger partial charge is 0.237 e. The van der Waals surface area contributed by atoms with Crippen LogP contribution in [0.3, 0.4) is 0 Å². The molecule has 0 aromatic carbocycles. The fourth-order valence-corrected chi connectivity index (χ4v) is 1.51. The molecule has 3 atom stereocenters.